The number of aromatic nitrogens is 2. The molecule has 1 aliphatic heterocycles. The number of aliphatic hydroxyl groups is 1. The molecule has 0 aliphatic carbocycles. The van der Waals surface area contributed by atoms with E-state index >= 15 is 0 Å². The fourth-order valence-corrected chi connectivity index (χ4v) is 3.22. The van der Waals surface area contributed by atoms with E-state index in [4.69, 9.17) is 4.74 Å². The van der Waals surface area contributed by atoms with Crippen molar-refractivity contribution in [3.8, 4) is 0 Å². The van der Waals surface area contributed by atoms with Gasteiger partial charge in [0.15, 0.2) is 0 Å². The Morgan fingerprint density at radius 1 is 1.50 bits per heavy atom. The lowest BCUT2D eigenvalue weighted by Gasteiger charge is -2.25. The Kier molecular flexibility index (Phi) is 4.45. The minimum atomic E-state index is -0.125. The quantitative estimate of drug-likeness (QED) is 0.905. The third kappa shape index (κ3) is 2.49. The van der Waals surface area contributed by atoms with Crippen molar-refractivity contribution in [1.29, 1.82) is 0 Å². The number of nitrogens with zero attached hydrogens (tertiary/aromatic N) is 2. The first-order valence-corrected chi connectivity index (χ1v) is 7.37. The Labute approximate surface area is 116 Å². The number of rotatable bonds is 5. The van der Waals surface area contributed by atoms with Gasteiger partial charge in [-0.1, -0.05) is 6.92 Å². The Hall–Kier alpha value is -0.390. The monoisotopic (exact) mass is 316 g/mol. The van der Waals surface area contributed by atoms with Gasteiger partial charge < -0.3 is 9.84 Å². The number of hydrogen-bond acceptors (Lipinski definition) is 3. The summed E-state index contributed by atoms with van der Waals surface area (Å²) in [6.07, 6.45) is 2.67. The van der Waals surface area contributed by atoms with E-state index in [1.54, 1.807) is 0 Å². The van der Waals surface area contributed by atoms with Gasteiger partial charge in [0.1, 0.15) is 0 Å². The number of ether oxygens (including phenoxy) is 1. The number of aliphatic hydroxyl groups excluding tert-OH is 1. The maximum atomic E-state index is 9.67. The summed E-state index contributed by atoms with van der Waals surface area (Å²) in [5.74, 6) is 0. The second-order valence-electron chi connectivity index (χ2n) is 5.01. The zero-order chi connectivity index (χ0) is 13.2. The van der Waals surface area contributed by atoms with Gasteiger partial charge in [-0.2, -0.15) is 5.10 Å². The summed E-state index contributed by atoms with van der Waals surface area (Å²) in [6.45, 7) is 6.63. The molecule has 5 heteroatoms. The van der Waals surface area contributed by atoms with Crippen LogP contribution in [0, 0.1) is 5.41 Å². The van der Waals surface area contributed by atoms with Crippen LogP contribution in [0.5, 0.6) is 0 Å². The van der Waals surface area contributed by atoms with Crippen LogP contribution in [0.3, 0.4) is 0 Å². The highest BCUT2D eigenvalue weighted by Crippen LogP contribution is 2.35. The second-order valence-corrected chi connectivity index (χ2v) is 5.81. The highest BCUT2D eigenvalue weighted by atomic mass is 79.9. The van der Waals surface area contributed by atoms with E-state index in [1.807, 2.05) is 4.68 Å². The van der Waals surface area contributed by atoms with Crippen LogP contribution in [0.25, 0.3) is 0 Å². The minimum Gasteiger partial charge on any atom is -0.396 e. The van der Waals surface area contributed by atoms with Crippen LogP contribution in [0.1, 0.15) is 31.7 Å². The van der Waals surface area contributed by atoms with Crippen molar-refractivity contribution >= 4 is 15.9 Å². The summed E-state index contributed by atoms with van der Waals surface area (Å²) in [7, 11) is 0. The molecule has 1 fully saturated rings. The summed E-state index contributed by atoms with van der Waals surface area (Å²) in [6, 6.07) is 0. The van der Waals surface area contributed by atoms with Crippen molar-refractivity contribution in [1.82, 2.24) is 9.78 Å². The van der Waals surface area contributed by atoms with Gasteiger partial charge in [0.05, 0.1) is 29.1 Å². The molecule has 0 radical (unpaired) electrons. The van der Waals surface area contributed by atoms with Crippen molar-refractivity contribution in [2.45, 2.75) is 39.7 Å². The summed E-state index contributed by atoms with van der Waals surface area (Å²) < 4.78 is 8.61. The maximum Gasteiger partial charge on any atom is 0.0766 e. The van der Waals surface area contributed by atoms with Gasteiger partial charge in [-0.15, -0.1) is 0 Å². The average molecular weight is 317 g/mol. The lowest BCUT2D eigenvalue weighted by atomic mass is 9.83. The Bertz CT molecular complexity index is 411. The molecular weight excluding hydrogens is 296 g/mol. The average Bonchev–Trinajstić information content (AvgIpc) is 2.97. The molecule has 0 bridgehead atoms. The van der Waals surface area contributed by atoms with Crippen molar-refractivity contribution in [3.63, 3.8) is 0 Å². The summed E-state index contributed by atoms with van der Waals surface area (Å²) in [4.78, 5) is 0. The van der Waals surface area contributed by atoms with Crippen molar-refractivity contribution in [3.05, 3.63) is 15.9 Å². The Balaban J connectivity index is 2.29. The Morgan fingerprint density at radius 2 is 2.28 bits per heavy atom. The molecular formula is C13H21BrN2O2. The molecule has 4 nitrogen and oxygen atoms in total. The molecule has 1 aliphatic rings. The predicted octanol–water partition coefficient (Wildman–Crippen LogP) is 2.17. The maximum absolute atomic E-state index is 9.67. The largest absolute Gasteiger partial charge is 0.396 e. The number of aryl methyl sites for hydroxylation is 2. The number of halogens is 1. The lowest BCUT2D eigenvalue weighted by molar-refractivity contribution is 0.0917. The van der Waals surface area contributed by atoms with Crippen LogP contribution < -0.4 is 0 Å². The molecule has 0 amide bonds. The third-order valence-electron chi connectivity index (χ3n) is 3.76. The van der Waals surface area contributed by atoms with Gasteiger partial charge in [-0.3, -0.25) is 4.68 Å². The molecule has 1 N–H and O–H groups in total. The van der Waals surface area contributed by atoms with Gasteiger partial charge in [-0.25, -0.2) is 0 Å². The molecule has 1 atom stereocenters. The van der Waals surface area contributed by atoms with Crippen molar-refractivity contribution < 1.29 is 9.84 Å². The van der Waals surface area contributed by atoms with Crippen LogP contribution in [-0.4, -0.2) is 34.7 Å². The van der Waals surface area contributed by atoms with Crippen LogP contribution in [0.4, 0.5) is 0 Å². The molecule has 1 aromatic rings. The third-order valence-corrected chi connectivity index (χ3v) is 4.67. The van der Waals surface area contributed by atoms with Crippen molar-refractivity contribution in [2.75, 3.05) is 19.8 Å². The van der Waals surface area contributed by atoms with Crippen LogP contribution in [-0.2, 0) is 24.1 Å². The first kappa shape index (κ1) is 14.0. The summed E-state index contributed by atoms with van der Waals surface area (Å²) in [5.41, 5.74) is 2.16. The number of hydrogen-bond donors (Lipinski definition) is 1. The van der Waals surface area contributed by atoms with Crippen LogP contribution in [0.2, 0.25) is 0 Å². The lowest BCUT2D eigenvalue weighted by Crippen LogP contribution is -2.29. The normalized spacial score (nSPS) is 23.8. The highest BCUT2D eigenvalue weighted by molar-refractivity contribution is 9.10. The van der Waals surface area contributed by atoms with Gasteiger partial charge in [-0.05, 0) is 35.7 Å². The van der Waals surface area contributed by atoms with E-state index in [1.165, 1.54) is 5.69 Å². The van der Waals surface area contributed by atoms with Gasteiger partial charge in [0.25, 0.3) is 0 Å². The van der Waals surface area contributed by atoms with Crippen molar-refractivity contribution in [2.24, 2.45) is 5.41 Å². The fraction of sp³-hybridized carbons (Fsp3) is 0.769. The molecule has 2 rings (SSSR count). The molecule has 102 valence electrons. The molecule has 0 spiro atoms. The molecule has 0 saturated carbocycles. The summed E-state index contributed by atoms with van der Waals surface area (Å²) in [5, 5.41) is 14.3. The smallest absolute Gasteiger partial charge is 0.0766 e. The van der Waals surface area contributed by atoms with Gasteiger partial charge >= 0.3 is 0 Å². The van der Waals surface area contributed by atoms with E-state index in [0.29, 0.717) is 6.61 Å². The zero-order valence-electron chi connectivity index (χ0n) is 11.1. The molecule has 1 unspecified atom stereocenters. The van der Waals surface area contributed by atoms with E-state index in [-0.39, 0.29) is 12.0 Å². The standard InChI is InChI=1S/C13H21BrN2O2/c1-3-10-12(14)11(16(4-2)15-10)7-13(8-17)5-6-18-9-13/h17H,3-9H2,1-2H3. The summed E-state index contributed by atoms with van der Waals surface area (Å²) >= 11 is 3.66. The SMILES string of the molecule is CCc1nn(CC)c(CC2(CO)CCOC2)c1Br. The molecule has 2 heterocycles. The Morgan fingerprint density at radius 3 is 2.78 bits per heavy atom. The minimum absolute atomic E-state index is 0.125. The zero-order valence-corrected chi connectivity index (χ0v) is 12.7. The van der Waals surface area contributed by atoms with Gasteiger partial charge in [0.2, 0.25) is 0 Å². The highest BCUT2D eigenvalue weighted by Gasteiger charge is 2.36. The topological polar surface area (TPSA) is 47.3 Å². The van der Waals surface area contributed by atoms with Crippen LogP contribution in [0.15, 0.2) is 4.47 Å². The van der Waals surface area contributed by atoms with E-state index in [2.05, 4.69) is 34.9 Å². The molecule has 1 aromatic heterocycles. The fourth-order valence-electron chi connectivity index (χ4n) is 2.51. The molecule has 0 aromatic carbocycles. The van der Waals surface area contributed by atoms with E-state index < -0.39 is 0 Å². The van der Waals surface area contributed by atoms with E-state index in [9.17, 15) is 5.11 Å². The first-order chi connectivity index (χ1) is 8.65. The molecule has 1 saturated heterocycles. The first-order valence-electron chi connectivity index (χ1n) is 6.58. The second kappa shape index (κ2) is 5.72. The van der Waals surface area contributed by atoms with E-state index in [0.717, 1.165) is 42.6 Å². The predicted molar refractivity (Wildman–Crippen MR) is 73.6 cm³/mol. The van der Waals surface area contributed by atoms with Gasteiger partial charge in [0, 0.05) is 25.0 Å². The molecule has 18 heavy (non-hydrogen) atoms. The van der Waals surface area contributed by atoms with Crippen LogP contribution >= 0.6 is 15.9 Å².